The van der Waals surface area contributed by atoms with E-state index in [1.54, 1.807) is 18.2 Å². The molecule has 0 aliphatic heterocycles. The van der Waals surface area contributed by atoms with Crippen LogP contribution in [0.4, 0.5) is 0 Å². The Labute approximate surface area is 99.4 Å². The third-order valence-corrected chi connectivity index (χ3v) is 4.99. The van der Waals surface area contributed by atoms with Gasteiger partial charge >= 0.3 is 5.05 Å². The van der Waals surface area contributed by atoms with Gasteiger partial charge in [-0.05, 0) is 52.1 Å². The van der Waals surface area contributed by atoms with Crippen molar-refractivity contribution >= 4 is 62.1 Å². The topological polar surface area (TPSA) is 17.1 Å². The second-order valence-electron chi connectivity index (χ2n) is 2.08. The van der Waals surface area contributed by atoms with Gasteiger partial charge < -0.3 is 0 Å². The predicted octanol–water partition coefficient (Wildman–Crippen LogP) is 5.67. The van der Waals surface area contributed by atoms with Crippen LogP contribution in [0.15, 0.2) is 23.1 Å². The average molecular weight is 296 g/mol. The Morgan fingerprint density at radius 1 is 1.23 bits per heavy atom. The molecule has 0 unspecified atom stereocenters. The lowest BCUT2D eigenvalue weighted by Crippen LogP contribution is -1.71. The summed E-state index contributed by atoms with van der Waals surface area (Å²) < 4.78 is 11.0. The summed E-state index contributed by atoms with van der Waals surface area (Å²) in [4.78, 5) is 0.516. The van der Waals surface area contributed by atoms with Gasteiger partial charge in [0.2, 0.25) is 0 Å². The van der Waals surface area contributed by atoms with E-state index in [-0.39, 0.29) is 0 Å². The fourth-order valence-electron chi connectivity index (χ4n) is 0.662. The van der Waals surface area contributed by atoms with Crippen LogP contribution in [0.1, 0.15) is 0 Å². The third-order valence-electron chi connectivity index (χ3n) is 1.10. The summed E-state index contributed by atoms with van der Waals surface area (Å²) in [6.07, 6.45) is 0. The van der Waals surface area contributed by atoms with Crippen molar-refractivity contribution in [1.29, 1.82) is 0 Å². The summed E-state index contributed by atoms with van der Waals surface area (Å²) >= 11 is 23.0. The Balaban J connectivity index is 3.01. The number of rotatable bonds is 2. The van der Waals surface area contributed by atoms with Gasteiger partial charge in [-0.25, -0.2) is 0 Å². The molecule has 0 fully saturated rings. The third kappa shape index (κ3) is 4.33. The van der Waals surface area contributed by atoms with Crippen LogP contribution < -0.4 is 0 Å². The molecule has 0 spiro atoms. The van der Waals surface area contributed by atoms with Crippen LogP contribution in [-0.2, 0) is 4.57 Å². The molecule has 7 heteroatoms. The largest absolute Gasteiger partial charge is 0.311 e. The Kier molecular flexibility index (Phi) is 4.31. The molecule has 1 aromatic rings. The fourth-order valence-corrected chi connectivity index (χ4v) is 4.34. The second-order valence-corrected chi connectivity index (χ2v) is 11.0. The van der Waals surface area contributed by atoms with Gasteiger partial charge in [-0.3, -0.25) is 4.57 Å². The van der Waals surface area contributed by atoms with Crippen molar-refractivity contribution in [3.63, 3.8) is 0 Å². The molecule has 0 saturated heterocycles. The Morgan fingerprint density at radius 3 is 2.38 bits per heavy atom. The summed E-state index contributed by atoms with van der Waals surface area (Å²) in [6, 6.07) is 4.78. The van der Waals surface area contributed by atoms with Crippen LogP contribution in [0, 0.1) is 0 Å². The normalized spacial score (nSPS) is 11.7. The molecule has 1 rings (SSSR count). The summed E-state index contributed by atoms with van der Waals surface area (Å²) in [5.41, 5.74) is 0. The summed E-state index contributed by atoms with van der Waals surface area (Å²) in [6.45, 7) is 0. The van der Waals surface area contributed by atoms with E-state index in [1.807, 2.05) is 0 Å². The van der Waals surface area contributed by atoms with Gasteiger partial charge in [-0.2, -0.15) is 0 Å². The molecule has 0 radical (unpaired) electrons. The molecule has 0 bridgehead atoms. The number of hydrogen-bond acceptors (Lipinski definition) is 2. The van der Waals surface area contributed by atoms with Gasteiger partial charge in [0.1, 0.15) is 0 Å². The van der Waals surface area contributed by atoms with Gasteiger partial charge in [0.15, 0.2) is 0 Å². The second kappa shape index (κ2) is 4.65. The first-order valence-corrected chi connectivity index (χ1v) is 8.72. The van der Waals surface area contributed by atoms with Crippen LogP contribution in [0.3, 0.4) is 0 Å². The molecule has 0 heterocycles. The smallest absolute Gasteiger partial charge is 0.277 e. The highest BCUT2D eigenvalue weighted by Crippen LogP contribution is 2.71. The predicted molar refractivity (Wildman–Crippen MR) is 61.6 cm³/mol. The van der Waals surface area contributed by atoms with E-state index in [1.165, 1.54) is 0 Å². The zero-order valence-electron chi connectivity index (χ0n) is 6.01. The SMILES string of the molecule is O=P(Cl)(Cl)Sc1cc(Cl)ccc1Cl. The van der Waals surface area contributed by atoms with E-state index < -0.39 is 5.05 Å². The zero-order chi connectivity index (χ0) is 10.1. The van der Waals surface area contributed by atoms with Crippen molar-refractivity contribution in [2.45, 2.75) is 4.90 Å². The molecule has 0 aliphatic rings. The fraction of sp³-hybridized carbons (Fsp3) is 0. The molecule has 1 nitrogen and oxygen atoms in total. The summed E-state index contributed by atoms with van der Waals surface area (Å²) in [5, 5.41) is -2.30. The van der Waals surface area contributed by atoms with Crippen molar-refractivity contribution in [3.8, 4) is 0 Å². The summed E-state index contributed by atoms with van der Waals surface area (Å²) in [5.74, 6) is 0. The lowest BCUT2D eigenvalue weighted by molar-refractivity contribution is 0.600. The Morgan fingerprint density at radius 2 is 1.85 bits per heavy atom. The maximum atomic E-state index is 11.0. The molecule has 0 aliphatic carbocycles. The van der Waals surface area contributed by atoms with Crippen LogP contribution in [0.25, 0.3) is 0 Å². The van der Waals surface area contributed by atoms with Crippen molar-refractivity contribution in [2.75, 3.05) is 0 Å². The monoisotopic (exact) mass is 294 g/mol. The van der Waals surface area contributed by atoms with Crippen molar-refractivity contribution in [2.24, 2.45) is 0 Å². The minimum atomic E-state index is -3.22. The average Bonchev–Trinajstić information content (AvgIpc) is 1.94. The molecule has 0 N–H and O–H groups in total. The van der Waals surface area contributed by atoms with E-state index in [9.17, 15) is 4.57 Å². The molecule has 0 saturated carbocycles. The molecule has 0 aromatic heterocycles. The Bertz CT molecular complexity index is 364. The van der Waals surface area contributed by atoms with Gasteiger partial charge in [0.25, 0.3) is 0 Å². The molecule has 1 aromatic carbocycles. The van der Waals surface area contributed by atoms with Crippen LogP contribution in [0.2, 0.25) is 10.0 Å². The van der Waals surface area contributed by atoms with Gasteiger partial charge in [-0.15, -0.1) is 0 Å². The van der Waals surface area contributed by atoms with E-state index in [0.717, 1.165) is 11.4 Å². The minimum Gasteiger partial charge on any atom is -0.277 e. The molecular formula is C6H3Cl4OPS. The minimum absolute atomic E-state index is 0.427. The van der Waals surface area contributed by atoms with Gasteiger partial charge in [0, 0.05) is 9.92 Å². The van der Waals surface area contributed by atoms with Crippen molar-refractivity contribution < 1.29 is 4.57 Å². The highest BCUT2D eigenvalue weighted by atomic mass is 35.9. The first-order valence-electron chi connectivity index (χ1n) is 3.02. The molecule has 0 amide bonds. The standard InChI is InChI=1S/C6H3Cl4OPS/c7-4-1-2-5(8)6(3-4)13-12(9,10)11/h1-3H. The maximum Gasteiger partial charge on any atom is 0.311 e. The van der Waals surface area contributed by atoms with Crippen LogP contribution in [0.5, 0.6) is 0 Å². The number of benzene rings is 1. The Hall–Kier alpha value is 0.960. The van der Waals surface area contributed by atoms with Crippen LogP contribution >= 0.6 is 62.1 Å². The highest BCUT2D eigenvalue weighted by molar-refractivity contribution is 8.72. The maximum absolute atomic E-state index is 11.0. The molecule has 13 heavy (non-hydrogen) atoms. The lowest BCUT2D eigenvalue weighted by Gasteiger charge is -2.04. The van der Waals surface area contributed by atoms with E-state index in [0.29, 0.717) is 14.9 Å². The lowest BCUT2D eigenvalue weighted by atomic mass is 10.4. The van der Waals surface area contributed by atoms with Crippen molar-refractivity contribution in [1.82, 2.24) is 0 Å². The van der Waals surface area contributed by atoms with E-state index >= 15 is 0 Å². The van der Waals surface area contributed by atoms with Gasteiger partial charge in [0.05, 0.1) is 5.02 Å². The van der Waals surface area contributed by atoms with Gasteiger partial charge in [-0.1, -0.05) is 23.2 Å². The zero-order valence-corrected chi connectivity index (χ0v) is 10.7. The first-order chi connectivity index (χ1) is 5.88. The molecule has 72 valence electrons. The van der Waals surface area contributed by atoms with Crippen molar-refractivity contribution in [3.05, 3.63) is 28.2 Å². The summed E-state index contributed by atoms with van der Waals surface area (Å²) in [7, 11) is 0. The first kappa shape index (κ1) is 12.0. The van der Waals surface area contributed by atoms with E-state index in [4.69, 9.17) is 45.7 Å². The molecular weight excluding hydrogens is 293 g/mol. The molecule has 0 atom stereocenters. The number of hydrogen-bond donors (Lipinski definition) is 0. The van der Waals surface area contributed by atoms with Crippen LogP contribution in [-0.4, -0.2) is 0 Å². The van der Waals surface area contributed by atoms with E-state index in [2.05, 4.69) is 0 Å². The quantitative estimate of drug-likeness (QED) is 0.654. The number of halogens is 4. The highest BCUT2D eigenvalue weighted by Gasteiger charge is 2.17.